The Morgan fingerprint density at radius 1 is 0.872 bits per heavy atom. The molecule has 1 amide bonds. The van der Waals surface area contributed by atoms with Gasteiger partial charge < -0.3 is 14.8 Å². The fraction of sp³-hybridized carbons (Fsp3) is 0.129. The van der Waals surface area contributed by atoms with Crippen molar-refractivity contribution in [3.63, 3.8) is 0 Å². The van der Waals surface area contributed by atoms with Crippen LogP contribution in [0, 0.1) is 6.92 Å². The van der Waals surface area contributed by atoms with Crippen LogP contribution in [0.15, 0.2) is 108 Å². The standard InChI is InChI=1S/C31H28N4O3S/c1-22-7-6-10-24(19-22)30-33-34-31(35(30)26-13-17-27(37-2)18-14-26)39-21-29(36)32-25-11-15-28(16-12-25)38-20-23-8-4-3-5-9-23/h3-19H,20-21H2,1-2H3,(H,32,36). The van der Waals surface area contributed by atoms with E-state index in [0.717, 1.165) is 33.9 Å². The molecular weight excluding hydrogens is 508 g/mol. The van der Waals surface area contributed by atoms with Gasteiger partial charge in [0.15, 0.2) is 11.0 Å². The molecule has 0 bridgehead atoms. The van der Waals surface area contributed by atoms with Gasteiger partial charge in [-0.25, -0.2) is 0 Å². The minimum atomic E-state index is -0.139. The third-order valence-corrected chi connectivity index (χ3v) is 6.89. The molecule has 0 aliphatic heterocycles. The predicted molar refractivity (Wildman–Crippen MR) is 155 cm³/mol. The van der Waals surface area contributed by atoms with Gasteiger partial charge in [-0.15, -0.1) is 10.2 Å². The molecule has 0 radical (unpaired) electrons. The van der Waals surface area contributed by atoms with Crippen LogP contribution < -0.4 is 14.8 Å². The van der Waals surface area contributed by atoms with Gasteiger partial charge in [-0.3, -0.25) is 9.36 Å². The van der Waals surface area contributed by atoms with E-state index in [1.807, 2.05) is 109 Å². The maximum atomic E-state index is 12.8. The summed E-state index contributed by atoms with van der Waals surface area (Å²) in [6.07, 6.45) is 0. The molecule has 1 heterocycles. The Labute approximate surface area is 231 Å². The van der Waals surface area contributed by atoms with Crippen molar-refractivity contribution in [1.29, 1.82) is 0 Å². The molecule has 0 aliphatic carbocycles. The second-order valence-electron chi connectivity index (χ2n) is 8.84. The Balaban J connectivity index is 1.26. The number of methoxy groups -OCH3 is 1. The van der Waals surface area contributed by atoms with Gasteiger partial charge in [0.2, 0.25) is 5.91 Å². The van der Waals surface area contributed by atoms with Crippen molar-refractivity contribution in [1.82, 2.24) is 14.8 Å². The van der Waals surface area contributed by atoms with Crippen LogP contribution in [0.1, 0.15) is 11.1 Å². The first-order valence-electron chi connectivity index (χ1n) is 12.5. The number of carbonyl (C=O) groups excluding carboxylic acids is 1. The summed E-state index contributed by atoms with van der Waals surface area (Å²) in [5.74, 6) is 2.24. The summed E-state index contributed by atoms with van der Waals surface area (Å²) in [6.45, 7) is 2.53. The highest BCUT2D eigenvalue weighted by molar-refractivity contribution is 7.99. The van der Waals surface area contributed by atoms with E-state index in [1.54, 1.807) is 7.11 Å². The number of thioether (sulfide) groups is 1. The van der Waals surface area contributed by atoms with E-state index >= 15 is 0 Å². The maximum Gasteiger partial charge on any atom is 0.234 e. The Bertz CT molecular complexity index is 1530. The molecule has 4 aromatic carbocycles. The number of aromatic nitrogens is 3. The number of carbonyl (C=O) groups is 1. The van der Waals surface area contributed by atoms with E-state index in [0.29, 0.717) is 23.3 Å². The van der Waals surface area contributed by atoms with Gasteiger partial charge in [0.25, 0.3) is 0 Å². The molecule has 5 aromatic rings. The number of benzene rings is 4. The third-order valence-electron chi connectivity index (χ3n) is 5.96. The van der Waals surface area contributed by atoms with E-state index in [9.17, 15) is 4.79 Å². The minimum absolute atomic E-state index is 0.139. The molecule has 0 fully saturated rings. The van der Waals surface area contributed by atoms with Gasteiger partial charge in [0, 0.05) is 16.9 Å². The van der Waals surface area contributed by atoms with Crippen molar-refractivity contribution in [2.75, 3.05) is 18.2 Å². The van der Waals surface area contributed by atoms with Gasteiger partial charge in [0.1, 0.15) is 18.1 Å². The highest BCUT2D eigenvalue weighted by atomic mass is 32.2. The molecule has 1 N–H and O–H groups in total. The number of hydrogen-bond acceptors (Lipinski definition) is 6. The van der Waals surface area contributed by atoms with Crippen molar-refractivity contribution in [2.45, 2.75) is 18.7 Å². The Morgan fingerprint density at radius 2 is 1.62 bits per heavy atom. The summed E-state index contributed by atoms with van der Waals surface area (Å²) < 4.78 is 13.1. The van der Waals surface area contributed by atoms with E-state index in [1.165, 1.54) is 11.8 Å². The van der Waals surface area contributed by atoms with Crippen molar-refractivity contribution in [3.05, 3.63) is 114 Å². The van der Waals surface area contributed by atoms with Crippen LogP contribution in [0.2, 0.25) is 0 Å². The van der Waals surface area contributed by atoms with Gasteiger partial charge in [-0.1, -0.05) is 65.9 Å². The molecule has 0 saturated heterocycles. The molecular formula is C31H28N4O3S. The topological polar surface area (TPSA) is 78.3 Å². The van der Waals surface area contributed by atoms with Crippen LogP contribution in [-0.2, 0) is 11.4 Å². The summed E-state index contributed by atoms with van der Waals surface area (Å²) in [7, 11) is 1.64. The smallest absolute Gasteiger partial charge is 0.234 e. The summed E-state index contributed by atoms with van der Waals surface area (Å²) >= 11 is 1.33. The van der Waals surface area contributed by atoms with Crippen LogP contribution in [0.3, 0.4) is 0 Å². The third kappa shape index (κ3) is 6.66. The fourth-order valence-electron chi connectivity index (χ4n) is 4.00. The number of ether oxygens (including phenoxy) is 2. The zero-order chi connectivity index (χ0) is 27.0. The summed E-state index contributed by atoms with van der Waals surface area (Å²) in [6, 6.07) is 33.1. The molecule has 8 heteroatoms. The molecule has 39 heavy (non-hydrogen) atoms. The number of amides is 1. The second-order valence-corrected chi connectivity index (χ2v) is 9.79. The van der Waals surface area contributed by atoms with Crippen molar-refractivity contribution >= 4 is 23.4 Å². The average molecular weight is 537 g/mol. The molecule has 7 nitrogen and oxygen atoms in total. The number of nitrogens with one attached hydrogen (secondary N) is 1. The number of aryl methyl sites for hydroxylation is 1. The fourth-order valence-corrected chi connectivity index (χ4v) is 4.75. The zero-order valence-electron chi connectivity index (χ0n) is 21.7. The molecule has 0 unspecified atom stereocenters. The normalized spacial score (nSPS) is 10.7. The first kappa shape index (κ1) is 26.1. The Kier molecular flexibility index (Phi) is 8.23. The highest BCUT2D eigenvalue weighted by Crippen LogP contribution is 2.29. The summed E-state index contributed by atoms with van der Waals surface area (Å²) in [5.41, 5.74) is 4.75. The average Bonchev–Trinajstić information content (AvgIpc) is 3.40. The van der Waals surface area contributed by atoms with Crippen LogP contribution >= 0.6 is 11.8 Å². The van der Waals surface area contributed by atoms with Crippen LogP contribution in [-0.4, -0.2) is 33.5 Å². The molecule has 0 spiro atoms. The van der Waals surface area contributed by atoms with Crippen molar-refractivity contribution in [3.8, 4) is 28.6 Å². The summed E-state index contributed by atoms with van der Waals surface area (Å²) in [4.78, 5) is 12.8. The second kappa shape index (κ2) is 12.3. The lowest BCUT2D eigenvalue weighted by molar-refractivity contribution is -0.113. The Hall–Kier alpha value is -4.56. The number of anilines is 1. The first-order valence-corrected chi connectivity index (χ1v) is 13.4. The first-order chi connectivity index (χ1) is 19.1. The molecule has 0 atom stereocenters. The predicted octanol–water partition coefficient (Wildman–Crippen LogP) is 6.56. The SMILES string of the molecule is COc1ccc(-n2c(SCC(=O)Nc3ccc(OCc4ccccc4)cc3)nnc2-c2cccc(C)c2)cc1. The number of hydrogen-bond donors (Lipinski definition) is 1. The van der Waals surface area contributed by atoms with E-state index in [-0.39, 0.29) is 11.7 Å². The van der Waals surface area contributed by atoms with E-state index in [4.69, 9.17) is 9.47 Å². The van der Waals surface area contributed by atoms with Crippen LogP contribution in [0.4, 0.5) is 5.69 Å². The van der Waals surface area contributed by atoms with E-state index < -0.39 is 0 Å². The largest absolute Gasteiger partial charge is 0.497 e. The molecule has 5 rings (SSSR count). The van der Waals surface area contributed by atoms with Crippen LogP contribution in [0.5, 0.6) is 11.5 Å². The number of rotatable bonds is 10. The highest BCUT2D eigenvalue weighted by Gasteiger charge is 2.18. The lowest BCUT2D eigenvalue weighted by Gasteiger charge is -2.12. The maximum absolute atomic E-state index is 12.8. The lowest BCUT2D eigenvalue weighted by atomic mass is 10.1. The number of nitrogens with zero attached hydrogens (tertiary/aromatic N) is 3. The van der Waals surface area contributed by atoms with Crippen LogP contribution in [0.25, 0.3) is 17.1 Å². The Morgan fingerprint density at radius 3 is 2.33 bits per heavy atom. The molecule has 0 saturated carbocycles. The summed E-state index contributed by atoms with van der Waals surface area (Å²) in [5, 5.41) is 12.5. The van der Waals surface area contributed by atoms with Crippen molar-refractivity contribution < 1.29 is 14.3 Å². The van der Waals surface area contributed by atoms with Gasteiger partial charge in [-0.05, 0) is 67.1 Å². The van der Waals surface area contributed by atoms with Gasteiger partial charge in [0.05, 0.1) is 12.9 Å². The van der Waals surface area contributed by atoms with E-state index in [2.05, 4.69) is 21.6 Å². The monoisotopic (exact) mass is 536 g/mol. The van der Waals surface area contributed by atoms with Gasteiger partial charge in [-0.2, -0.15) is 0 Å². The van der Waals surface area contributed by atoms with Gasteiger partial charge >= 0.3 is 0 Å². The molecule has 1 aromatic heterocycles. The molecule has 196 valence electrons. The zero-order valence-corrected chi connectivity index (χ0v) is 22.5. The lowest BCUT2D eigenvalue weighted by Crippen LogP contribution is -2.14. The minimum Gasteiger partial charge on any atom is -0.497 e. The quantitative estimate of drug-likeness (QED) is 0.204. The molecule has 0 aliphatic rings. The van der Waals surface area contributed by atoms with Crippen molar-refractivity contribution in [2.24, 2.45) is 0 Å².